The third-order valence-electron chi connectivity index (χ3n) is 18.8. The Balaban J connectivity index is 0.00000832. The number of thiophene rings is 1. The Morgan fingerprint density at radius 2 is 0.989 bits per heavy atom. The van der Waals surface area contributed by atoms with Crippen LogP contribution in [0.15, 0.2) is 176 Å². The first kappa shape index (κ1) is 65.3. The number of anilines is 4. The van der Waals surface area contributed by atoms with Crippen LogP contribution in [0.1, 0.15) is 182 Å². The number of hydrogen-bond donors (Lipinski definition) is 0. The van der Waals surface area contributed by atoms with E-state index in [2.05, 4.69) is 335 Å². The minimum atomic E-state index is -0.0898. The second kappa shape index (κ2) is 23.9. The first-order valence-electron chi connectivity index (χ1n) is 33.0. The summed E-state index contributed by atoms with van der Waals surface area (Å²) in [5.41, 5.74) is 21.7. The monoisotopic (exact) mass is 1420 g/mol. The molecular formula is C86H89N4OPtS-3. The van der Waals surface area contributed by atoms with Crippen molar-refractivity contribution in [3.8, 4) is 50.7 Å². The summed E-state index contributed by atoms with van der Waals surface area (Å²) in [6, 6.07) is 71.7. The Labute approximate surface area is 572 Å². The van der Waals surface area contributed by atoms with Crippen LogP contribution in [0.25, 0.3) is 81.2 Å². The molecule has 0 bridgehead atoms. The van der Waals surface area contributed by atoms with Crippen LogP contribution in [0, 0.1) is 18.8 Å². The van der Waals surface area contributed by atoms with Gasteiger partial charge in [0, 0.05) is 92.6 Å². The first-order valence-corrected chi connectivity index (χ1v) is 33.9. The molecule has 0 fully saturated rings. The van der Waals surface area contributed by atoms with Gasteiger partial charge in [0.25, 0.3) is 0 Å². The maximum atomic E-state index is 7.36. The van der Waals surface area contributed by atoms with Gasteiger partial charge in [0.15, 0.2) is 0 Å². The van der Waals surface area contributed by atoms with Crippen molar-refractivity contribution >= 4 is 76.1 Å². The number of fused-ring (bicyclic) bond motifs is 8. The molecule has 0 amide bonds. The van der Waals surface area contributed by atoms with Crippen LogP contribution in [-0.4, -0.2) is 9.55 Å². The van der Waals surface area contributed by atoms with Gasteiger partial charge in [-0.15, -0.1) is 65.0 Å². The molecule has 12 aromatic rings. The number of aromatic nitrogens is 2. The van der Waals surface area contributed by atoms with Gasteiger partial charge >= 0.3 is 0 Å². The van der Waals surface area contributed by atoms with E-state index in [1.807, 2.05) is 17.5 Å². The third kappa shape index (κ3) is 12.2. The van der Waals surface area contributed by atoms with Crippen LogP contribution < -0.4 is 14.5 Å². The van der Waals surface area contributed by atoms with Gasteiger partial charge in [-0.2, -0.15) is 6.07 Å². The van der Waals surface area contributed by atoms with Crippen molar-refractivity contribution < 1.29 is 25.8 Å². The molecule has 0 radical (unpaired) electrons. The molecule has 9 aromatic carbocycles. The fourth-order valence-electron chi connectivity index (χ4n) is 13.4. The molecule has 3 aromatic heterocycles. The number of hydrogen-bond acceptors (Lipinski definition) is 5. The summed E-state index contributed by atoms with van der Waals surface area (Å²) in [7, 11) is 0. The summed E-state index contributed by atoms with van der Waals surface area (Å²) in [6.07, 6.45) is 1.95. The molecule has 13 rings (SSSR count). The van der Waals surface area contributed by atoms with Crippen molar-refractivity contribution in [3.05, 3.63) is 234 Å². The predicted molar refractivity (Wildman–Crippen MR) is 395 cm³/mol. The van der Waals surface area contributed by atoms with E-state index in [1.54, 1.807) is 0 Å². The quantitative estimate of drug-likeness (QED) is 0.128. The molecular weight excluding hydrogens is 1330 g/mol. The minimum Gasteiger partial charge on any atom is -0.509 e. The molecule has 1 aliphatic heterocycles. The van der Waals surface area contributed by atoms with Gasteiger partial charge in [-0.1, -0.05) is 246 Å². The minimum absolute atomic E-state index is 0. The standard InChI is InChI=1S/C86H89N4OS.Pt/c1-52(2)65-27-24-28-66(53(3)4)78(65)56-44-62(49-64(45-56)91-63-34-35-71-75(50-63)90(77-48-57(38-39-87-77)82(5,6)7)74-37-36-70-69-26-20-23-33-76(69)92-81(70)79(71)74)88-51-89(73-32-22-21-31-72(73)88)80-67(54-40-58(83(8,9)10)46-59(41-54)84(11,12)13)29-25-30-68(80)55-42-60(85(14,15)16)47-61(43-55)86(17,18)19;/h20-48,51-53H,1-19H3;/q-3;. The molecule has 7 heteroatoms. The molecule has 1 aliphatic rings. The number of rotatable bonds is 10. The van der Waals surface area contributed by atoms with Gasteiger partial charge < -0.3 is 19.1 Å². The van der Waals surface area contributed by atoms with Crippen molar-refractivity contribution in [1.82, 2.24) is 9.55 Å². The van der Waals surface area contributed by atoms with E-state index in [9.17, 15) is 0 Å². The number of nitrogens with zero attached hydrogens (tertiary/aromatic N) is 4. The Hall–Kier alpha value is -7.76. The summed E-state index contributed by atoms with van der Waals surface area (Å²) in [6.45, 7) is 46.3. The zero-order valence-electron chi connectivity index (χ0n) is 57.9. The van der Waals surface area contributed by atoms with E-state index in [-0.39, 0.29) is 60.0 Å². The summed E-state index contributed by atoms with van der Waals surface area (Å²) in [5, 5.41) is 4.81. The molecule has 0 saturated carbocycles. The largest absolute Gasteiger partial charge is 0.509 e. The maximum absolute atomic E-state index is 7.36. The molecule has 0 atom stereocenters. The maximum Gasteiger partial charge on any atom is 0.135 e. The zero-order chi connectivity index (χ0) is 65.3. The van der Waals surface area contributed by atoms with E-state index in [1.165, 1.54) is 81.2 Å². The normalized spacial score (nSPS) is 13.3. The second-order valence-electron chi connectivity index (χ2n) is 31.5. The Bertz CT molecular complexity index is 4680. The fraction of sp³-hybridized carbons (Fsp3) is 0.302. The van der Waals surface area contributed by atoms with E-state index < -0.39 is 0 Å². The zero-order valence-corrected chi connectivity index (χ0v) is 61.0. The van der Waals surface area contributed by atoms with Crippen molar-refractivity contribution in [3.63, 3.8) is 0 Å². The van der Waals surface area contributed by atoms with Crippen LogP contribution in [0.3, 0.4) is 0 Å². The summed E-state index contributed by atoms with van der Waals surface area (Å²) in [4.78, 5) is 9.91. The molecule has 0 unspecified atom stereocenters. The van der Waals surface area contributed by atoms with Gasteiger partial charge in [-0.05, 0) is 136 Å². The number of ether oxygens (including phenoxy) is 1. The molecule has 0 aliphatic carbocycles. The predicted octanol–water partition coefficient (Wildman–Crippen LogP) is 25.1. The van der Waals surface area contributed by atoms with Crippen LogP contribution in [0.5, 0.6) is 11.5 Å². The average Bonchev–Trinajstić information content (AvgIpc) is 1.59. The Kier molecular flexibility index (Phi) is 16.8. The Morgan fingerprint density at radius 1 is 0.462 bits per heavy atom. The van der Waals surface area contributed by atoms with Gasteiger partial charge in [-0.25, -0.2) is 4.98 Å². The first-order chi connectivity index (χ1) is 43.4. The summed E-state index contributed by atoms with van der Waals surface area (Å²) in [5.74, 6) is 2.54. The number of pyridine rings is 1. The van der Waals surface area contributed by atoms with E-state index in [0.717, 1.165) is 61.7 Å². The number of benzene rings is 9. The molecule has 93 heavy (non-hydrogen) atoms. The molecule has 0 saturated heterocycles. The summed E-state index contributed by atoms with van der Waals surface area (Å²) >= 11 is 1.85. The molecule has 5 nitrogen and oxygen atoms in total. The van der Waals surface area contributed by atoms with Crippen LogP contribution in [0.2, 0.25) is 0 Å². The van der Waals surface area contributed by atoms with Crippen molar-refractivity contribution in [1.29, 1.82) is 0 Å². The van der Waals surface area contributed by atoms with E-state index in [4.69, 9.17) is 9.72 Å². The number of para-hydroxylation sites is 3. The van der Waals surface area contributed by atoms with Crippen LogP contribution in [-0.2, 0) is 48.1 Å². The molecule has 478 valence electrons. The smallest absolute Gasteiger partial charge is 0.135 e. The van der Waals surface area contributed by atoms with Gasteiger partial charge in [0.2, 0.25) is 0 Å². The SMILES string of the molecule is CC(C)c1cccc(C(C)C)c1-c1cc(Oc2[c-]c3c(cc2)c2c4sc5ccccc5c4ccc2n3-c2cc(C(C)(C)C)ccn2)[c-]c(N2[CH-]N(c3c(-c4cc(C(C)(C)C)cc(C(C)(C)C)c4)cccc3-c3cc(C(C)(C)C)cc(C(C)(C)C)c3)c3ccccc32)c1.[Pt]. The molecule has 0 N–H and O–H groups in total. The second-order valence-corrected chi connectivity index (χ2v) is 32.5. The topological polar surface area (TPSA) is 33.5 Å². The van der Waals surface area contributed by atoms with Gasteiger partial charge in [0.1, 0.15) is 5.82 Å². The van der Waals surface area contributed by atoms with Gasteiger partial charge in [-0.3, -0.25) is 0 Å². The Morgan fingerprint density at radius 3 is 1.55 bits per heavy atom. The van der Waals surface area contributed by atoms with Gasteiger partial charge in [0.05, 0.1) is 0 Å². The summed E-state index contributed by atoms with van der Waals surface area (Å²) < 4.78 is 12.2. The van der Waals surface area contributed by atoms with Crippen molar-refractivity contribution in [2.24, 2.45) is 0 Å². The van der Waals surface area contributed by atoms with E-state index >= 15 is 0 Å². The van der Waals surface area contributed by atoms with E-state index in [0.29, 0.717) is 11.5 Å². The molecule has 0 spiro atoms. The van der Waals surface area contributed by atoms with Crippen LogP contribution in [0.4, 0.5) is 22.7 Å². The van der Waals surface area contributed by atoms with Crippen LogP contribution >= 0.6 is 11.3 Å². The molecule has 4 heterocycles. The fourth-order valence-corrected chi connectivity index (χ4v) is 14.7. The van der Waals surface area contributed by atoms with Crippen molar-refractivity contribution in [2.75, 3.05) is 9.80 Å². The average molecular weight is 1420 g/mol. The third-order valence-corrected chi connectivity index (χ3v) is 20.0. The van der Waals surface area contributed by atoms with Crippen molar-refractivity contribution in [2.45, 2.75) is 170 Å².